The molecule has 22 heavy (non-hydrogen) atoms. The van der Waals surface area contributed by atoms with Gasteiger partial charge in [0.1, 0.15) is 5.82 Å². The van der Waals surface area contributed by atoms with Crippen LogP contribution in [0.4, 0.5) is 4.39 Å². The van der Waals surface area contributed by atoms with Gasteiger partial charge in [0.25, 0.3) is 0 Å². The van der Waals surface area contributed by atoms with Crippen molar-refractivity contribution in [3.05, 3.63) is 48.9 Å². The van der Waals surface area contributed by atoms with Crippen molar-refractivity contribution in [3.63, 3.8) is 0 Å². The molecular formula is C17H17FN2O2. The Labute approximate surface area is 127 Å². The van der Waals surface area contributed by atoms with Crippen LogP contribution in [0.5, 0.6) is 0 Å². The van der Waals surface area contributed by atoms with Crippen LogP contribution in [0.15, 0.2) is 43.1 Å². The summed E-state index contributed by atoms with van der Waals surface area (Å²) in [5.41, 5.74) is 0.854. The van der Waals surface area contributed by atoms with Crippen LogP contribution in [0.1, 0.15) is 6.42 Å². The monoisotopic (exact) mass is 300 g/mol. The Kier molecular flexibility index (Phi) is 3.79. The molecule has 0 aliphatic carbocycles. The highest BCUT2D eigenvalue weighted by Crippen LogP contribution is 2.21. The largest absolute Gasteiger partial charge is 0.340 e. The van der Waals surface area contributed by atoms with Gasteiger partial charge in [-0.05, 0) is 30.3 Å². The molecule has 0 spiro atoms. The minimum atomic E-state index is -0.280. The lowest BCUT2D eigenvalue weighted by atomic mass is 9.94. The number of nitrogens with zero attached hydrogens (tertiary/aromatic N) is 2. The summed E-state index contributed by atoms with van der Waals surface area (Å²) in [6, 6.07) is 6.35. The molecule has 2 aromatic rings. The fourth-order valence-electron chi connectivity index (χ4n) is 2.89. The number of hydrogen-bond donors (Lipinski definition) is 0. The molecular weight excluding hydrogens is 283 g/mol. The van der Waals surface area contributed by atoms with Gasteiger partial charge in [-0.2, -0.15) is 0 Å². The van der Waals surface area contributed by atoms with E-state index in [-0.39, 0.29) is 30.0 Å². The van der Waals surface area contributed by atoms with Crippen molar-refractivity contribution >= 4 is 22.6 Å². The van der Waals surface area contributed by atoms with E-state index in [4.69, 9.17) is 0 Å². The van der Waals surface area contributed by atoms with Crippen LogP contribution < -0.4 is 0 Å². The van der Waals surface area contributed by atoms with Crippen LogP contribution in [0.25, 0.3) is 10.9 Å². The van der Waals surface area contributed by atoms with E-state index in [9.17, 15) is 14.0 Å². The maximum atomic E-state index is 13.1. The number of benzene rings is 1. The summed E-state index contributed by atoms with van der Waals surface area (Å²) >= 11 is 0. The molecule has 0 bridgehead atoms. The van der Waals surface area contributed by atoms with Crippen LogP contribution in [-0.2, 0) is 16.1 Å². The summed E-state index contributed by atoms with van der Waals surface area (Å²) in [4.78, 5) is 25.2. The lowest BCUT2D eigenvalue weighted by Gasteiger charge is -2.38. The van der Waals surface area contributed by atoms with E-state index in [1.54, 1.807) is 23.2 Å². The SMILES string of the molecule is C=CC(=O)N1CC(CC(=O)Cn2ccc3cc(F)ccc32)C1. The lowest BCUT2D eigenvalue weighted by molar-refractivity contribution is -0.134. The molecule has 1 aliphatic heterocycles. The molecule has 1 amide bonds. The van der Waals surface area contributed by atoms with Crippen molar-refractivity contribution < 1.29 is 14.0 Å². The van der Waals surface area contributed by atoms with Crippen molar-refractivity contribution in [1.82, 2.24) is 9.47 Å². The molecule has 0 saturated carbocycles. The van der Waals surface area contributed by atoms with Crippen molar-refractivity contribution in [3.8, 4) is 0 Å². The second kappa shape index (κ2) is 5.75. The van der Waals surface area contributed by atoms with Crippen LogP contribution >= 0.6 is 0 Å². The summed E-state index contributed by atoms with van der Waals surface area (Å²) < 4.78 is 15.0. The third kappa shape index (κ3) is 2.79. The van der Waals surface area contributed by atoms with E-state index in [0.717, 1.165) is 10.9 Å². The van der Waals surface area contributed by atoms with Crippen molar-refractivity contribution in [1.29, 1.82) is 0 Å². The highest BCUT2D eigenvalue weighted by Gasteiger charge is 2.30. The predicted molar refractivity (Wildman–Crippen MR) is 81.8 cm³/mol. The Balaban J connectivity index is 1.58. The molecule has 0 atom stereocenters. The van der Waals surface area contributed by atoms with Gasteiger partial charge >= 0.3 is 0 Å². The number of carbonyl (C=O) groups is 2. The fraction of sp³-hybridized carbons (Fsp3) is 0.294. The van der Waals surface area contributed by atoms with Crippen molar-refractivity contribution in [2.75, 3.05) is 13.1 Å². The molecule has 0 N–H and O–H groups in total. The molecule has 4 nitrogen and oxygen atoms in total. The van der Waals surface area contributed by atoms with Crippen LogP contribution in [0.2, 0.25) is 0 Å². The Morgan fingerprint density at radius 3 is 2.82 bits per heavy atom. The molecule has 1 aromatic carbocycles. The second-order valence-corrected chi connectivity index (χ2v) is 5.70. The van der Waals surface area contributed by atoms with Gasteiger partial charge in [-0.3, -0.25) is 9.59 Å². The predicted octanol–water partition coefficient (Wildman–Crippen LogP) is 2.38. The Bertz CT molecular complexity index is 744. The Morgan fingerprint density at radius 2 is 2.09 bits per heavy atom. The number of amides is 1. The molecule has 0 unspecified atom stereocenters. The molecule has 114 valence electrons. The summed E-state index contributed by atoms with van der Waals surface area (Å²) in [6.07, 6.45) is 3.56. The van der Waals surface area contributed by atoms with E-state index in [0.29, 0.717) is 19.5 Å². The summed E-state index contributed by atoms with van der Waals surface area (Å²) in [5.74, 6) is -0.00616. The quantitative estimate of drug-likeness (QED) is 0.796. The number of aromatic nitrogens is 1. The molecule has 1 aromatic heterocycles. The highest BCUT2D eigenvalue weighted by molar-refractivity contribution is 5.88. The van der Waals surface area contributed by atoms with E-state index in [2.05, 4.69) is 6.58 Å². The van der Waals surface area contributed by atoms with E-state index in [1.165, 1.54) is 18.2 Å². The summed E-state index contributed by atoms with van der Waals surface area (Å²) in [6.45, 7) is 4.96. The van der Waals surface area contributed by atoms with Crippen LogP contribution in [-0.4, -0.2) is 34.2 Å². The van der Waals surface area contributed by atoms with E-state index < -0.39 is 0 Å². The van der Waals surface area contributed by atoms with Crippen molar-refractivity contribution in [2.45, 2.75) is 13.0 Å². The number of ketones is 1. The van der Waals surface area contributed by atoms with Crippen LogP contribution in [0.3, 0.4) is 0 Å². The van der Waals surface area contributed by atoms with E-state index >= 15 is 0 Å². The number of Topliss-reactive ketones (excluding diaryl/α,β-unsaturated/α-hetero) is 1. The highest BCUT2D eigenvalue weighted by atomic mass is 19.1. The fourth-order valence-corrected chi connectivity index (χ4v) is 2.89. The van der Waals surface area contributed by atoms with Gasteiger partial charge in [0.2, 0.25) is 5.91 Å². The number of likely N-dealkylation sites (tertiary alicyclic amines) is 1. The van der Waals surface area contributed by atoms with Gasteiger partial charge in [0.05, 0.1) is 6.54 Å². The van der Waals surface area contributed by atoms with Crippen LogP contribution in [0, 0.1) is 11.7 Å². The minimum absolute atomic E-state index is 0.0814. The normalized spacial score (nSPS) is 14.9. The van der Waals surface area contributed by atoms with Gasteiger partial charge in [0, 0.05) is 42.5 Å². The smallest absolute Gasteiger partial charge is 0.245 e. The van der Waals surface area contributed by atoms with Gasteiger partial charge in [-0.15, -0.1) is 0 Å². The van der Waals surface area contributed by atoms with E-state index in [1.807, 2.05) is 4.57 Å². The molecule has 1 saturated heterocycles. The number of halogens is 1. The first-order valence-electron chi connectivity index (χ1n) is 7.24. The maximum absolute atomic E-state index is 13.1. The topological polar surface area (TPSA) is 42.3 Å². The average Bonchev–Trinajstić information content (AvgIpc) is 2.83. The summed E-state index contributed by atoms with van der Waals surface area (Å²) in [7, 11) is 0. The Morgan fingerprint density at radius 1 is 1.32 bits per heavy atom. The van der Waals surface area contributed by atoms with Gasteiger partial charge < -0.3 is 9.47 Å². The first-order chi connectivity index (χ1) is 10.6. The standard InChI is InChI=1S/C17H17FN2O2/c1-2-17(22)20-9-12(10-20)7-15(21)11-19-6-5-13-8-14(18)3-4-16(13)19/h2-6,8,12H,1,7,9-11H2. The number of carbonyl (C=O) groups excluding carboxylic acids is 2. The first kappa shape index (κ1) is 14.5. The average molecular weight is 300 g/mol. The van der Waals surface area contributed by atoms with Gasteiger partial charge in [0.15, 0.2) is 5.78 Å². The molecule has 0 radical (unpaired) electrons. The molecule has 1 aliphatic rings. The zero-order chi connectivity index (χ0) is 15.7. The number of hydrogen-bond acceptors (Lipinski definition) is 2. The second-order valence-electron chi connectivity index (χ2n) is 5.70. The zero-order valence-corrected chi connectivity index (χ0v) is 12.2. The minimum Gasteiger partial charge on any atom is -0.340 e. The molecule has 1 fully saturated rings. The van der Waals surface area contributed by atoms with Gasteiger partial charge in [-0.25, -0.2) is 4.39 Å². The first-order valence-corrected chi connectivity index (χ1v) is 7.24. The molecule has 5 heteroatoms. The number of rotatable bonds is 5. The summed E-state index contributed by atoms with van der Waals surface area (Å²) in [5, 5.41) is 0.791. The third-order valence-corrected chi connectivity index (χ3v) is 4.04. The maximum Gasteiger partial charge on any atom is 0.245 e. The lowest BCUT2D eigenvalue weighted by Crippen LogP contribution is -2.50. The third-order valence-electron chi connectivity index (χ3n) is 4.04. The molecule has 2 heterocycles. The molecule has 3 rings (SSSR count). The van der Waals surface area contributed by atoms with Gasteiger partial charge in [-0.1, -0.05) is 6.58 Å². The zero-order valence-electron chi connectivity index (χ0n) is 12.2. The Hall–Kier alpha value is -2.43. The van der Waals surface area contributed by atoms with Crippen molar-refractivity contribution in [2.24, 2.45) is 5.92 Å². The number of fused-ring (bicyclic) bond motifs is 1.